The lowest BCUT2D eigenvalue weighted by atomic mass is 10.00. The molecule has 0 unspecified atom stereocenters. The van der Waals surface area contributed by atoms with Crippen molar-refractivity contribution in [2.24, 2.45) is 0 Å². The van der Waals surface area contributed by atoms with Crippen molar-refractivity contribution in [3.63, 3.8) is 0 Å². The fraction of sp³-hybridized carbons (Fsp3) is 0.367. The molecule has 2 heterocycles. The third kappa shape index (κ3) is 9.94. The molecule has 230 valence electrons. The highest BCUT2D eigenvalue weighted by molar-refractivity contribution is 5.99. The Kier molecular flexibility index (Phi) is 11.3. The number of benzene rings is 2. The lowest BCUT2D eigenvalue weighted by Gasteiger charge is -2.15. The zero-order valence-corrected chi connectivity index (χ0v) is 23.6. The van der Waals surface area contributed by atoms with Gasteiger partial charge in [0.2, 0.25) is 11.8 Å². The summed E-state index contributed by atoms with van der Waals surface area (Å²) in [5.41, 5.74) is 1.24. The summed E-state index contributed by atoms with van der Waals surface area (Å²) in [6, 6.07) is 14.6. The van der Waals surface area contributed by atoms with Crippen molar-refractivity contribution in [3.8, 4) is 16.9 Å². The van der Waals surface area contributed by atoms with E-state index in [-0.39, 0.29) is 42.8 Å². The van der Waals surface area contributed by atoms with E-state index in [0.29, 0.717) is 67.9 Å². The molecule has 2 amide bonds. The molecule has 0 atom stereocenters. The molecule has 43 heavy (non-hydrogen) atoms. The molecule has 0 saturated heterocycles. The van der Waals surface area contributed by atoms with Gasteiger partial charge in [0.25, 0.3) is 0 Å². The quantitative estimate of drug-likeness (QED) is 0.201. The molecule has 1 aliphatic rings. The molecule has 0 spiro atoms. The van der Waals surface area contributed by atoms with Crippen LogP contribution < -0.4 is 20.7 Å². The Morgan fingerprint density at radius 2 is 1.58 bits per heavy atom. The summed E-state index contributed by atoms with van der Waals surface area (Å²) in [7, 11) is 0. The summed E-state index contributed by atoms with van der Waals surface area (Å²) >= 11 is 0. The first kappa shape index (κ1) is 31.7. The van der Waals surface area contributed by atoms with Gasteiger partial charge in [0.15, 0.2) is 5.69 Å². The third-order valence-electron chi connectivity index (χ3n) is 6.17. The number of pyridine rings is 1. The molecular formula is C30H33F3N4O6. The van der Waals surface area contributed by atoms with Crippen LogP contribution in [0.4, 0.5) is 30.4 Å². The highest BCUT2D eigenvalue weighted by Crippen LogP contribution is 2.38. The van der Waals surface area contributed by atoms with Gasteiger partial charge in [-0.3, -0.25) is 9.59 Å². The SMILES string of the molecule is CC(=O)Nc1ccc(OCCOCCOCCOCCNc2ccc(-c3ccc4c(c3)CC(=O)N4)c(C(F)(F)F)n2)cc1. The predicted molar refractivity (Wildman–Crippen MR) is 154 cm³/mol. The molecule has 13 heteroatoms. The van der Waals surface area contributed by atoms with E-state index in [2.05, 4.69) is 20.9 Å². The van der Waals surface area contributed by atoms with Crippen molar-refractivity contribution < 1.29 is 41.7 Å². The van der Waals surface area contributed by atoms with Gasteiger partial charge in [-0.2, -0.15) is 13.2 Å². The molecule has 0 radical (unpaired) electrons. The number of ether oxygens (including phenoxy) is 4. The maximum absolute atomic E-state index is 13.8. The van der Waals surface area contributed by atoms with Crippen LogP contribution in [0.25, 0.3) is 11.1 Å². The summed E-state index contributed by atoms with van der Waals surface area (Å²) in [5.74, 6) is 0.422. The van der Waals surface area contributed by atoms with Crippen molar-refractivity contribution in [3.05, 3.63) is 65.9 Å². The lowest BCUT2D eigenvalue weighted by molar-refractivity contribution is -0.140. The topological polar surface area (TPSA) is 120 Å². The van der Waals surface area contributed by atoms with Crippen LogP contribution in [0.2, 0.25) is 0 Å². The molecule has 10 nitrogen and oxygen atoms in total. The van der Waals surface area contributed by atoms with Crippen molar-refractivity contribution in [2.75, 3.05) is 68.7 Å². The Bertz CT molecular complexity index is 1390. The highest BCUT2D eigenvalue weighted by Gasteiger charge is 2.36. The molecule has 0 aliphatic carbocycles. The van der Waals surface area contributed by atoms with Gasteiger partial charge in [-0.25, -0.2) is 4.98 Å². The normalized spacial score (nSPS) is 12.5. The van der Waals surface area contributed by atoms with Crippen molar-refractivity contribution in [1.29, 1.82) is 0 Å². The fourth-order valence-corrected chi connectivity index (χ4v) is 4.25. The minimum atomic E-state index is -4.66. The average molecular weight is 603 g/mol. The van der Waals surface area contributed by atoms with Gasteiger partial charge in [0.1, 0.15) is 18.2 Å². The van der Waals surface area contributed by atoms with Crippen molar-refractivity contribution in [1.82, 2.24) is 4.98 Å². The van der Waals surface area contributed by atoms with Gasteiger partial charge in [0.05, 0.1) is 46.1 Å². The Balaban J connectivity index is 1.07. The third-order valence-corrected chi connectivity index (χ3v) is 6.17. The summed E-state index contributed by atoms with van der Waals surface area (Å²) in [5, 5.41) is 8.21. The lowest BCUT2D eigenvalue weighted by Crippen LogP contribution is -2.16. The van der Waals surface area contributed by atoms with E-state index in [9.17, 15) is 22.8 Å². The summed E-state index contributed by atoms with van der Waals surface area (Å²) in [6.45, 7) is 4.12. The van der Waals surface area contributed by atoms with Gasteiger partial charge in [0, 0.05) is 30.4 Å². The maximum Gasteiger partial charge on any atom is 0.434 e. The van der Waals surface area contributed by atoms with Gasteiger partial charge in [-0.05, 0) is 59.7 Å². The zero-order valence-electron chi connectivity index (χ0n) is 23.6. The number of anilines is 3. The van der Waals surface area contributed by atoms with Gasteiger partial charge >= 0.3 is 6.18 Å². The smallest absolute Gasteiger partial charge is 0.434 e. The highest BCUT2D eigenvalue weighted by atomic mass is 19.4. The number of hydrogen-bond donors (Lipinski definition) is 3. The summed E-state index contributed by atoms with van der Waals surface area (Å²) in [4.78, 5) is 26.4. The Morgan fingerprint density at radius 1 is 0.907 bits per heavy atom. The standard InChI is InChI=1S/C30H33F3N4O6/c1-20(38)35-23-3-5-24(6-4-23)43-17-16-42-15-14-41-13-12-40-11-10-34-27-9-7-25(29(37-27)30(31,32)33)21-2-8-26-22(18-21)19-28(39)36-26/h2-9,18H,10-17,19H2,1H3,(H,34,37)(H,35,38)(H,36,39). The van der Waals surface area contributed by atoms with E-state index in [0.717, 1.165) is 0 Å². The number of carbonyl (C=O) groups excluding carboxylic acids is 2. The second-order valence-corrected chi connectivity index (χ2v) is 9.51. The Hall–Kier alpha value is -4.20. The van der Waals surface area contributed by atoms with Crippen LogP contribution in [0, 0.1) is 0 Å². The monoisotopic (exact) mass is 602 g/mol. The number of aromatic nitrogens is 1. The molecule has 0 bridgehead atoms. The first-order valence-electron chi connectivity index (χ1n) is 13.7. The molecule has 3 aromatic rings. The van der Waals surface area contributed by atoms with Crippen LogP contribution in [-0.4, -0.2) is 69.6 Å². The van der Waals surface area contributed by atoms with E-state index in [1.807, 2.05) is 0 Å². The first-order chi connectivity index (χ1) is 20.7. The second-order valence-electron chi connectivity index (χ2n) is 9.51. The number of rotatable bonds is 16. The molecule has 2 aromatic carbocycles. The van der Waals surface area contributed by atoms with E-state index in [1.54, 1.807) is 42.5 Å². The van der Waals surface area contributed by atoms with Crippen LogP contribution in [0.1, 0.15) is 18.2 Å². The fourth-order valence-electron chi connectivity index (χ4n) is 4.25. The second kappa shape index (κ2) is 15.3. The van der Waals surface area contributed by atoms with E-state index in [4.69, 9.17) is 18.9 Å². The number of halogens is 3. The van der Waals surface area contributed by atoms with Gasteiger partial charge < -0.3 is 34.9 Å². The van der Waals surface area contributed by atoms with Crippen molar-refractivity contribution >= 4 is 29.0 Å². The van der Waals surface area contributed by atoms with Crippen molar-refractivity contribution in [2.45, 2.75) is 19.5 Å². The van der Waals surface area contributed by atoms with Crippen LogP contribution in [0.15, 0.2) is 54.6 Å². The van der Waals surface area contributed by atoms with E-state index >= 15 is 0 Å². The minimum absolute atomic E-state index is 0.0559. The number of alkyl halides is 3. The number of nitrogens with zero attached hydrogens (tertiary/aromatic N) is 1. The zero-order chi connectivity index (χ0) is 30.7. The van der Waals surface area contributed by atoms with Gasteiger partial charge in [-0.1, -0.05) is 6.07 Å². The van der Waals surface area contributed by atoms with E-state index < -0.39 is 11.9 Å². The van der Waals surface area contributed by atoms with Crippen LogP contribution in [-0.2, 0) is 36.4 Å². The first-order valence-corrected chi connectivity index (χ1v) is 13.7. The number of hydrogen-bond acceptors (Lipinski definition) is 8. The molecule has 0 fully saturated rings. The molecule has 3 N–H and O–H groups in total. The minimum Gasteiger partial charge on any atom is -0.491 e. The van der Waals surface area contributed by atoms with Gasteiger partial charge in [-0.15, -0.1) is 0 Å². The molecule has 1 aliphatic heterocycles. The number of nitrogens with one attached hydrogen (secondary N) is 3. The largest absolute Gasteiger partial charge is 0.491 e. The number of amides is 2. The molecule has 1 aromatic heterocycles. The predicted octanol–water partition coefficient (Wildman–Crippen LogP) is 4.76. The average Bonchev–Trinajstić information content (AvgIpc) is 3.34. The summed E-state index contributed by atoms with van der Waals surface area (Å²) < 4.78 is 63.4. The summed E-state index contributed by atoms with van der Waals surface area (Å²) in [6.07, 6.45) is -4.53. The number of fused-ring (bicyclic) bond motifs is 1. The molecule has 0 saturated carbocycles. The van der Waals surface area contributed by atoms with Crippen LogP contribution in [0.3, 0.4) is 0 Å². The molecular weight excluding hydrogens is 569 g/mol. The van der Waals surface area contributed by atoms with Crippen LogP contribution in [0.5, 0.6) is 5.75 Å². The Morgan fingerprint density at radius 3 is 2.26 bits per heavy atom. The number of carbonyl (C=O) groups is 2. The van der Waals surface area contributed by atoms with E-state index in [1.165, 1.54) is 19.1 Å². The molecule has 4 rings (SSSR count). The Labute approximate surface area is 246 Å². The van der Waals surface area contributed by atoms with Crippen LogP contribution >= 0.6 is 0 Å². The maximum atomic E-state index is 13.8.